The molecule has 0 aromatic carbocycles. The number of esters is 1. The summed E-state index contributed by atoms with van der Waals surface area (Å²) in [6.45, 7) is 4.98. The van der Waals surface area contributed by atoms with Crippen LogP contribution in [-0.2, 0) is 14.3 Å². The molecule has 0 aromatic rings. The maximum absolute atomic E-state index is 12.6. The maximum atomic E-state index is 12.6. The predicted octanol–water partition coefficient (Wildman–Crippen LogP) is 26.4. The van der Waals surface area contributed by atoms with Gasteiger partial charge in [0, 0.05) is 12.8 Å². The highest BCUT2D eigenvalue weighted by Gasteiger charge is 2.20. The van der Waals surface area contributed by atoms with E-state index in [-0.39, 0.29) is 18.5 Å². The number of unbranched alkanes of at least 4 members (excludes halogenated alkanes) is 61. The molecule has 1 amide bonds. The number of carbonyl (C=O) groups excluding carboxylic acids is 2. The summed E-state index contributed by atoms with van der Waals surface area (Å²) in [6.07, 6.45) is 98.4. The Bertz CT molecular complexity index is 1360. The van der Waals surface area contributed by atoms with E-state index < -0.39 is 12.1 Å². The third-order valence-electron chi connectivity index (χ3n) is 19.0. The number of nitrogens with one attached hydrogen (secondary N) is 1. The smallest absolute Gasteiger partial charge is 0.305 e. The summed E-state index contributed by atoms with van der Waals surface area (Å²) in [5.41, 5.74) is 0. The van der Waals surface area contributed by atoms with Gasteiger partial charge in [0.25, 0.3) is 0 Å². The predicted molar refractivity (Wildman–Crippen MR) is 384 cm³/mol. The number of carbonyl (C=O) groups is 2. The van der Waals surface area contributed by atoms with Gasteiger partial charge in [-0.3, -0.25) is 9.59 Å². The summed E-state index contributed by atoms with van der Waals surface area (Å²) in [5, 5.41) is 23.5. The van der Waals surface area contributed by atoms with Crippen LogP contribution in [0.2, 0.25) is 0 Å². The second kappa shape index (κ2) is 76.8. The van der Waals surface area contributed by atoms with E-state index in [1.54, 1.807) is 0 Å². The minimum atomic E-state index is -0.663. The number of hydrogen-bond acceptors (Lipinski definition) is 5. The van der Waals surface area contributed by atoms with Crippen LogP contribution in [0.15, 0.2) is 24.3 Å². The summed E-state index contributed by atoms with van der Waals surface area (Å²) in [5.74, 6) is -0.0127. The lowest BCUT2D eigenvalue weighted by molar-refractivity contribution is -0.143. The molecular weight excluding hydrogens is 1070 g/mol. The summed E-state index contributed by atoms with van der Waals surface area (Å²) < 4.78 is 5.51. The summed E-state index contributed by atoms with van der Waals surface area (Å²) in [4.78, 5) is 24.7. The average molecular weight is 1230 g/mol. The Kier molecular flexibility index (Phi) is 75.3. The molecule has 2 unspecified atom stereocenters. The summed E-state index contributed by atoms with van der Waals surface area (Å²) in [7, 11) is 0. The van der Waals surface area contributed by atoms with Crippen molar-refractivity contribution in [3.63, 3.8) is 0 Å². The molecule has 0 saturated carbocycles. The van der Waals surface area contributed by atoms with Crippen LogP contribution in [0.5, 0.6) is 0 Å². The number of amides is 1. The first-order valence-corrected chi connectivity index (χ1v) is 40.1. The molecule has 0 rings (SSSR count). The van der Waals surface area contributed by atoms with Gasteiger partial charge in [-0.15, -0.1) is 0 Å². The van der Waals surface area contributed by atoms with Gasteiger partial charge < -0.3 is 20.3 Å². The molecule has 0 spiro atoms. The number of aliphatic hydroxyl groups is 2. The standard InChI is InChI=1S/C81H157NO5/c1-3-5-7-9-11-13-15-17-19-21-22-23-24-32-35-38-42-45-49-53-57-61-65-69-73-79(84)78(77-83)82-80(85)74-70-66-62-58-54-50-46-43-39-36-33-30-28-26-25-27-29-31-34-37-40-44-48-52-56-60-64-68-72-76-87-81(86)75-71-67-63-59-55-51-47-41-20-18-16-14-12-10-8-6-4-2/h12,14,18,20,78-79,83-84H,3-11,13,15-17,19,21-77H2,1-2H3,(H,82,85)/b14-12-,20-18-. The van der Waals surface area contributed by atoms with Crippen LogP contribution in [-0.4, -0.2) is 47.4 Å². The van der Waals surface area contributed by atoms with Crippen LogP contribution in [0.25, 0.3) is 0 Å². The Morgan fingerprint density at radius 1 is 0.322 bits per heavy atom. The number of aliphatic hydroxyl groups excluding tert-OH is 2. The van der Waals surface area contributed by atoms with Gasteiger partial charge in [0.1, 0.15) is 0 Å². The number of ether oxygens (including phenoxy) is 1. The largest absolute Gasteiger partial charge is 0.466 e. The van der Waals surface area contributed by atoms with E-state index in [0.717, 1.165) is 51.4 Å². The molecule has 2 atom stereocenters. The van der Waals surface area contributed by atoms with Gasteiger partial charge in [0.05, 0.1) is 25.4 Å². The Balaban J connectivity index is 3.34. The molecule has 0 bridgehead atoms. The highest BCUT2D eigenvalue weighted by Crippen LogP contribution is 2.20. The van der Waals surface area contributed by atoms with Crippen LogP contribution >= 0.6 is 0 Å². The van der Waals surface area contributed by atoms with Crippen molar-refractivity contribution in [2.24, 2.45) is 0 Å². The van der Waals surface area contributed by atoms with E-state index in [2.05, 4.69) is 43.5 Å². The Hall–Kier alpha value is -1.66. The molecule has 0 aliphatic heterocycles. The van der Waals surface area contributed by atoms with Gasteiger partial charge in [-0.05, 0) is 57.8 Å². The third-order valence-corrected chi connectivity index (χ3v) is 19.0. The molecule has 0 fully saturated rings. The normalized spacial score (nSPS) is 12.6. The van der Waals surface area contributed by atoms with E-state index in [0.29, 0.717) is 25.9 Å². The van der Waals surface area contributed by atoms with E-state index in [1.165, 1.54) is 372 Å². The van der Waals surface area contributed by atoms with Gasteiger partial charge in [0.15, 0.2) is 0 Å². The van der Waals surface area contributed by atoms with Crippen molar-refractivity contribution in [2.45, 2.75) is 469 Å². The van der Waals surface area contributed by atoms with E-state index in [9.17, 15) is 19.8 Å². The molecule has 6 heteroatoms. The fourth-order valence-electron chi connectivity index (χ4n) is 12.9. The van der Waals surface area contributed by atoms with Gasteiger partial charge in [0.2, 0.25) is 5.91 Å². The second-order valence-corrected chi connectivity index (χ2v) is 27.8. The third kappa shape index (κ3) is 73.3. The van der Waals surface area contributed by atoms with Gasteiger partial charge in [-0.2, -0.15) is 0 Å². The SMILES string of the molecule is CCCCC/C=C\C/C=C\CCCCCCCCCC(=O)OCCCCCCCCCCCCCCCCCCCCCCCCCCCCCCCC(=O)NC(CO)C(O)CCCCCCCCCCCCCCCCCCCCCCCCCC. The zero-order valence-corrected chi connectivity index (χ0v) is 59.3. The van der Waals surface area contributed by atoms with Crippen molar-refractivity contribution in [1.82, 2.24) is 5.32 Å². The molecular formula is C81H157NO5. The van der Waals surface area contributed by atoms with Crippen LogP contribution < -0.4 is 5.32 Å². The molecule has 0 radical (unpaired) electrons. The molecule has 0 saturated heterocycles. The lowest BCUT2D eigenvalue weighted by Gasteiger charge is -2.22. The topological polar surface area (TPSA) is 95.9 Å². The van der Waals surface area contributed by atoms with Crippen molar-refractivity contribution in [1.29, 1.82) is 0 Å². The highest BCUT2D eigenvalue weighted by molar-refractivity contribution is 5.76. The Morgan fingerprint density at radius 3 is 0.897 bits per heavy atom. The molecule has 0 heterocycles. The fraction of sp³-hybridized carbons (Fsp3) is 0.926. The summed E-state index contributed by atoms with van der Waals surface area (Å²) in [6, 6.07) is -0.540. The van der Waals surface area contributed by atoms with E-state index in [1.807, 2.05) is 0 Å². The highest BCUT2D eigenvalue weighted by atomic mass is 16.5. The lowest BCUT2D eigenvalue weighted by Crippen LogP contribution is -2.45. The van der Waals surface area contributed by atoms with Crippen LogP contribution in [0, 0.1) is 0 Å². The number of allylic oxidation sites excluding steroid dienone is 4. The second-order valence-electron chi connectivity index (χ2n) is 27.8. The van der Waals surface area contributed by atoms with E-state index >= 15 is 0 Å². The minimum absolute atomic E-state index is 0.0129. The average Bonchev–Trinajstić information content (AvgIpc) is 3.57. The van der Waals surface area contributed by atoms with Crippen molar-refractivity contribution >= 4 is 11.9 Å². The monoisotopic (exact) mass is 1220 g/mol. The quantitative estimate of drug-likeness (QED) is 0.0320. The van der Waals surface area contributed by atoms with Crippen molar-refractivity contribution in [2.75, 3.05) is 13.2 Å². The van der Waals surface area contributed by atoms with Gasteiger partial charge >= 0.3 is 5.97 Å². The molecule has 87 heavy (non-hydrogen) atoms. The fourth-order valence-corrected chi connectivity index (χ4v) is 12.9. The number of hydrogen-bond donors (Lipinski definition) is 3. The maximum Gasteiger partial charge on any atom is 0.305 e. The van der Waals surface area contributed by atoms with Crippen molar-refractivity contribution in [3.8, 4) is 0 Å². The summed E-state index contributed by atoms with van der Waals surface area (Å²) >= 11 is 0. The molecule has 6 nitrogen and oxygen atoms in total. The number of rotatable bonds is 76. The molecule has 0 aliphatic carbocycles. The minimum Gasteiger partial charge on any atom is -0.466 e. The molecule has 0 aromatic heterocycles. The van der Waals surface area contributed by atoms with E-state index in [4.69, 9.17) is 4.74 Å². The molecule has 516 valence electrons. The first-order chi connectivity index (χ1) is 43.0. The lowest BCUT2D eigenvalue weighted by atomic mass is 10.0. The first kappa shape index (κ1) is 85.3. The van der Waals surface area contributed by atoms with Gasteiger partial charge in [-0.1, -0.05) is 411 Å². The van der Waals surface area contributed by atoms with Crippen molar-refractivity contribution < 1.29 is 24.5 Å². The van der Waals surface area contributed by atoms with Crippen LogP contribution in [0.3, 0.4) is 0 Å². The first-order valence-electron chi connectivity index (χ1n) is 40.1. The molecule has 0 aliphatic rings. The Morgan fingerprint density at radius 2 is 0.575 bits per heavy atom. The molecule has 3 N–H and O–H groups in total. The van der Waals surface area contributed by atoms with Gasteiger partial charge in [-0.25, -0.2) is 0 Å². The Labute approximate surface area is 545 Å². The van der Waals surface area contributed by atoms with Crippen LogP contribution in [0.1, 0.15) is 457 Å². The zero-order chi connectivity index (χ0) is 62.8. The van der Waals surface area contributed by atoms with Crippen LogP contribution in [0.4, 0.5) is 0 Å². The zero-order valence-electron chi connectivity index (χ0n) is 59.3. The van der Waals surface area contributed by atoms with Crippen molar-refractivity contribution in [3.05, 3.63) is 24.3 Å².